The number of hydrogen-bond donors (Lipinski definition) is 2. The molecule has 0 aromatic heterocycles. The number of esters is 1. The average Bonchev–Trinajstić information content (AvgIpc) is 2.58. The van der Waals surface area contributed by atoms with Gasteiger partial charge in [0.25, 0.3) is 0 Å². The second-order valence-corrected chi connectivity index (χ2v) is 4.68. The summed E-state index contributed by atoms with van der Waals surface area (Å²) in [5.74, 6) is -1.70. The van der Waals surface area contributed by atoms with Crippen molar-refractivity contribution in [1.29, 1.82) is 0 Å². The van der Waals surface area contributed by atoms with E-state index in [0.29, 0.717) is 0 Å². The largest absolute Gasteiger partial charge is 0.464 e. The highest BCUT2D eigenvalue weighted by atomic mass is 16.7. The number of carbonyl (C=O) groups is 1. The first-order chi connectivity index (χ1) is 7.70. The Morgan fingerprint density at radius 2 is 2.24 bits per heavy atom. The van der Waals surface area contributed by atoms with E-state index in [1.807, 2.05) is 0 Å². The molecule has 1 aliphatic rings. The maximum Gasteiger partial charge on any atom is 0.340 e. The van der Waals surface area contributed by atoms with Crippen LogP contribution < -0.4 is 0 Å². The SMILES string of the molecule is CCOC(=O)C(C)(O)C(O)[C@@H]1COC(C)(C)O1. The molecule has 1 saturated heterocycles. The van der Waals surface area contributed by atoms with Crippen LogP contribution in [0, 0.1) is 0 Å². The summed E-state index contributed by atoms with van der Waals surface area (Å²) in [6.07, 6.45) is -2.16. The smallest absolute Gasteiger partial charge is 0.340 e. The van der Waals surface area contributed by atoms with E-state index in [-0.39, 0.29) is 13.2 Å². The lowest BCUT2D eigenvalue weighted by molar-refractivity contribution is -0.195. The molecule has 3 atom stereocenters. The number of aliphatic hydroxyl groups is 2. The zero-order chi connectivity index (χ0) is 13.3. The molecule has 6 nitrogen and oxygen atoms in total. The van der Waals surface area contributed by atoms with Crippen molar-refractivity contribution in [3.8, 4) is 0 Å². The Hall–Kier alpha value is -0.690. The summed E-state index contributed by atoms with van der Waals surface area (Å²) in [4.78, 5) is 11.5. The lowest BCUT2D eigenvalue weighted by Crippen LogP contribution is -2.54. The fraction of sp³-hybridized carbons (Fsp3) is 0.909. The Labute approximate surface area is 100 Å². The minimum Gasteiger partial charge on any atom is -0.464 e. The van der Waals surface area contributed by atoms with Crippen molar-refractivity contribution in [3.63, 3.8) is 0 Å². The first-order valence-corrected chi connectivity index (χ1v) is 5.60. The van der Waals surface area contributed by atoms with Gasteiger partial charge in [-0.15, -0.1) is 0 Å². The van der Waals surface area contributed by atoms with Crippen LogP contribution in [0.3, 0.4) is 0 Å². The summed E-state index contributed by atoms with van der Waals surface area (Å²) in [5.41, 5.74) is -2.01. The maximum absolute atomic E-state index is 11.5. The van der Waals surface area contributed by atoms with Crippen LogP contribution in [0.1, 0.15) is 27.7 Å². The van der Waals surface area contributed by atoms with Crippen molar-refractivity contribution >= 4 is 5.97 Å². The van der Waals surface area contributed by atoms with Crippen molar-refractivity contribution in [2.24, 2.45) is 0 Å². The van der Waals surface area contributed by atoms with Gasteiger partial charge in [0, 0.05) is 0 Å². The van der Waals surface area contributed by atoms with E-state index in [1.54, 1.807) is 20.8 Å². The average molecular weight is 248 g/mol. The standard InChI is InChI=1S/C11H20O6/c1-5-15-9(13)11(4,14)8(12)7-6-16-10(2,3)17-7/h7-8,12,14H,5-6H2,1-4H3/t7-,8?,11?/m0/s1. The maximum atomic E-state index is 11.5. The van der Waals surface area contributed by atoms with Gasteiger partial charge in [-0.3, -0.25) is 0 Å². The normalized spacial score (nSPS) is 28.5. The van der Waals surface area contributed by atoms with Crippen LogP contribution in [0.4, 0.5) is 0 Å². The number of rotatable bonds is 4. The van der Waals surface area contributed by atoms with Gasteiger partial charge in [-0.05, 0) is 27.7 Å². The first-order valence-electron chi connectivity index (χ1n) is 5.60. The number of hydrogen-bond acceptors (Lipinski definition) is 6. The van der Waals surface area contributed by atoms with E-state index in [9.17, 15) is 15.0 Å². The van der Waals surface area contributed by atoms with Gasteiger partial charge in [-0.25, -0.2) is 4.79 Å². The molecule has 0 radical (unpaired) electrons. The van der Waals surface area contributed by atoms with Gasteiger partial charge in [0.15, 0.2) is 11.4 Å². The summed E-state index contributed by atoms with van der Waals surface area (Å²) >= 11 is 0. The third kappa shape index (κ3) is 3.16. The lowest BCUT2D eigenvalue weighted by atomic mass is 9.95. The highest BCUT2D eigenvalue weighted by molar-refractivity contribution is 5.79. The number of aliphatic hydroxyl groups excluding tert-OH is 1. The van der Waals surface area contributed by atoms with Crippen LogP contribution >= 0.6 is 0 Å². The van der Waals surface area contributed by atoms with E-state index >= 15 is 0 Å². The predicted octanol–water partition coefficient (Wildman–Crippen LogP) is -0.187. The minimum atomic E-state index is -2.01. The van der Waals surface area contributed by atoms with Crippen molar-refractivity contribution < 1.29 is 29.2 Å². The Balaban J connectivity index is 2.69. The second-order valence-electron chi connectivity index (χ2n) is 4.68. The molecule has 0 spiro atoms. The van der Waals surface area contributed by atoms with Gasteiger partial charge in [0.1, 0.15) is 12.2 Å². The molecule has 1 aliphatic heterocycles. The third-order valence-corrected chi connectivity index (χ3v) is 2.65. The number of carbonyl (C=O) groups excluding carboxylic acids is 1. The molecule has 0 saturated carbocycles. The zero-order valence-electron chi connectivity index (χ0n) is 10.6. The zero-order valence-corrected chi connectivity index (χ0v) is 10.6. The summed E-state index contributed by atoms with van der Waals surface area (Å²) < 4.78 is 15.3. The summed E-state index contributed by atoms with van der Waals surface area (Å²) in [5, 5.41) is 19.9. The fourth-order valence-corrected chi connectivity index (χ4v) is 1.63. The van der Waals surface area contributed by atoms with Gasteiger partial charge in [-0.2, -0.15) is 0 Å². The molecule has 2 unspecified atom stereocenters. The van der Waals surface area contributed by atoms with Crippen LogP contribution in [-0.4, -0.2) is 53.0 Å². The van der Waals surface area contributed by atoms with Crippen LogP contribution in [0.2, 0.25) is 0 Å². The number of ether oxygens (including phenoxy) is 3. The molecular weight excluding hydrogens is 228 g/mol. The summed E-state index contributed by atoms with van der Waals surface area (Å²) in [6.45, 7) is 6.46. The molecule has 1 rings (SSSR count). The molecule has 0 amide bonds. The molecule has 100 valence electrons. The Morgan fingerprint density at radius 1 is 1.65 bits per heavy atom. The van der Waals surface area contributed by atoms with Gasteiger partial charge in [0.05, 0.1) is 13.2 Å². The van der Waals surface area contributed by atoms with E-state index < -0.39 is 29.6 Å². The Morgan fingerprint density at radius 3 is 2.65 bits per heavy atom. The van der Waals surface area contributed by atoms with Crippen LogP contribution in [-0.2, 0) is 19.0 Å². The predicted molar refractivity (Wildman–Crippen MR) is 58.2 cm³/mol. The Bertz CT molecular complexity index is 286. The highest BCUT2D eigenvalue weighted by Crippen LogP contribution is 2.28. The molecule has 1 fully saturated rings. The molecule has 0 bridgehead atoms. The van der Waals surface area contributed by atoms with Gasteiger partial charge >= 0.3 is 5.97 Å². The summed E-state index contributed by atoms with van der Waals surface area (Å²) in [7, 11) is 0. The molecule has 0 aromatic rings. The topological polar surface area (TPSA) is 85.2 Å². The molecule has 17 heavy (non-hydrogen) atoms. The first kappa shape index (κ1) is 14.4. The van der Waals surface area contributed by atoms with Crippen molar-refractivity contribution in [2.45, 2.75) is 51.3 Å². The van der Waals surface area contributed by atoms with Crippen molar-refractivity contribution in [2.75, 3.05) is 13.2 Å². The van der Waals surface area contributed by atoms with E-state index in [0.717, 1.165) is 0 Å². The van der Waals surface area contributed by atoms with Gasteiger partial charge in [-0.1, -0.05) is 0 Å². The molecule has 6 heteroatoms. The monoisotopic (exact) mass is 248 g/mol. The van der Waals surface area contributed by atoms with E-state index in [2.05, 4.69) is 0 Å². The quantitative estimate of drug-likeness (QED) is 0.671. The van der Waals surface area contributed by atoms with Crippen LogP contribution in [0.15, 0.2) is 0 Å². The fourth-order valence-electron chi connectivity index (χ4n) is 1.63. The molecular formula is C11H20O6. The molecule has 2 N–H and O–H groups in total. The third-order valence-electron chi connectivity index (χ3n) is 2.65. The van der Waals surface area contributed by atoms with Gasteiger partial charge in [0.2, 0.25) is 0 Å². The minimum absolute atomic E-state index is 0.115. The van der Waals surface area contributed by atoms with Gasteiger partial charge < -0.3 is 24.4 Å². The van der Waals surface area contributed by atoms with E-state index in [1.165, 1.54) is 6.92 Å². The van der Waals surface area contributed by atoms with Crippen molar-refractivity contribution in [1.82, 2.24) is 0 Å². The lowest BCUT2D eigenvalue weighted by Gasteiger charge is -2.30. The Kier molecular flexibility index (Phi) is 4.14. The molecule has 1 heterocycles. The van der Waals surface area contributed by atoms with Crippen LogP contribution in [0.5, 0.6) is 0 Å². The van der Waals surface area contributed by atoms with Crippen LogP contribution in [0.25, 0.3) is 0 Å². The summed E-state index contributed by atoms with van der Waals surface area (Å²) in [6, 6.07) is 0. The second kappa shape index (κ2) is 4.89. The molecule has 0 aromatic carbocycles. The van der Waals surface area contributed by atoms with Crippen molar-refractivity contribution in [3.05, 3.63) is 0 Å². The van der Waals surface area contributed by atoms with E-state index in [4.69, 9.17) is 14.2 Å². The highest BCUT2D eigenvalue weighted by Gasteiger charge is 2.48. The molecule has 0 aliphatic carbocycles.